The van der Waals surface area contributed by atoms with E-state index in [1.165, 1.54) is 37.3 Å². The molecule has 0 saturated carbocycles. The molecule has 10 nitrogen and oxygen atoms in total. The van der Waals surface area contributed by atoms with Gasteiger partial charge in [-0.2, -0.15) is 0 Å². The maximum absolute atomic E-state index is 13.4. The van der Waals surface area contributed by atoms with Crippen molar-refractivity contribution < 1.29 is 33.5 Å². The van der Waals surface area contributed by atoms with Crippen molar-refractivity contribution in [2.24, 2.45) is 10.9 Å². The van der Waals surface area contributed by atoms with Gasteiger partial charge in [0.2, 0.25) is 0 Å². The zero-order valence-corrected chi connectivity index (χ0v) is 26.3. The van der Waals surface area contributed by atoms with E-state index >= 15 is 0 Å². The molecule has 0 amide bonds. The van der Waals surface area contributed by atoms with Gasteiger partial charge in [0.05, 0.1) is 30.8 Å². The number of methoxy groups -OCH3 is 1. The summed E-state index contributed by atoms with van der Waals surface area (Å²) >= 11 is 1.68. The number of aliphatic imine (C=N–C) groups is 1. The highest BCUT2D eigenvalue weighted by Crippen LogP contribution is 2.41. The van der Waals surface area contributed by atoms with Crippen LogP contribution in [0.1, 0.15) is 63.0 Å². The van der Waals surface area contributed by atoms with Gasteiger partial charge in [-0.15, -0.1) is 11.8 Å². The number of nitro groups is 1. The number of non-ortho nitro benzene ring substituents is 1. The normalized spacial score (nSPS) is 20.2. The lowest BCUT2D eigenvalue weighted by Gasteiger charge is -2.31. The number of nitro benzene ring substituents is 1. The van der Waals surface area contributed by atoms with Gasteiger partial charge in [-0.25, -0.2) is 4.79 Å². The van der Waals surface area contributed by atoms with Gasteiger partial charge in [0, 0.05) is 46.7 Å². The largest absolute Gasteiger partial charge is 0.468 e. The van der Waals surface area contributed by atoms with E-state index in [2.05, 4.69) is 29.3 Å². The van der Waals surface area contributed by atoms with E-state index in [0.717, 1.165) is 42.9 Å². The summed E-state index contributed by atoms with van der Waals surface area (Å²) in [5, 5.41) is 11.5. The van der Waals surface area contributed by atoms with Crippen molar-refractivity contribution in [2.45, 2.75) is 69.5 Å². The molecule has 0 bridgehead atoms. The molecular formula is C33H40N2O8S. The summed E-state index contributed by atoms with van der Waals surface area (Å²) in [4.78, 5) is 42.7. The van der Waals surface area contributed by atoms with Gasteiger partial charge in [-0.05, 0) is 75.6 Å². The first-order valence-electron chi connectivity index (χ1n) is 15.0. The summed E-state index contributed by atoms with van der Waals surface area (Å²) in [6.07, 6.45) is 5.73. The van der Waals surface area contributed by atoms with Gasteiger partial charge in [0.1, 0.15) is 5.92 Å². The first-order valence-corrected chi connectivity index (χ1v) is 16.0. The van der Waals surface area contributed by atoms with Crippen LogP contribution in [-0.2, 0) is 35.0 Å². The van der Waals surface area contributed by atoms with Crippen molar-refractivity contribution in [1.82, 2.24) is 0 Å². The molecule has 3 atom stereocenters. The molecule has 3 unspecified atom stereocenters. The second kappa shape index (κ2) is 16.5. The SMILES string of the molecule is COC(=O)C1C(C)=NC(C)=C(C(=O)OCCCSc2ccc(CCCOC3CCCCO3)cc2)C1c1cccc([N+](=O)[O-])c1. The summed E-state index contributed by atoms with van der Waals surface area (Å²) < 4.78 is 22.1. The summed E-state index contributed by atoms with van der Waals surface area (Å²) in [6, 6.07) is 14.4. The van der Waals surface area contributed by atoms with E-state index in [-0.39, 0.29) is 24.2 Å². The number of hydrogen-bond donors (Lipinski definition) is 0. The summed E-state index contributed by atoms with van der Waals surface area (Å²) in [6.45, 7) is 5.02. The Morgan fingerprint density at radius 1 is 1.09 bits per heavy atom. The van der Waals surface area contributed by atoms with Crippen LogP contribution >= 0.6 is 11.8 Å². The molecule has 2 aromatic rings. The van der Waals surface area contributed by atoms with Crippen molar-refractivity contribution >= 4 is 35.1 Å². The van der Waals surface area contributed by atoms with Crippen LogP contribution in [0, 0.1) is 16.0 Å². The van der Waals surface area contributed by atoms with Crippen LogP contribution in [0.4, 0.5) is 5.69 Å². The van der Waals surface area contributed by atoms with Gasteiger partial charge in [-0.3, -0.25) is 19.9 Å². The molecule has 0 radical (unpaired) electrons. The fourth-order valence-corrected chi connectivity index (χ4v) is 6.33. The Morgan fingerprint density at radius 2 is 1.89 bits per heavy atom. The molecule has 11 heteroatoms. The monoisotopic (exact) mass is 624 g/mol. The molecule has 4 rings (SSSR count). The maximum Gasteiger partial charge on any atom is 0.336 e. The molecule has 236 valence electrons. The molecule has 2 aromatic carbocycles. The number of allylic oxidation sites excluding steroid dienone is 1. The average molecular weight is 625 g/mol. The van der Waals surface area contributed by atoms with Gasteiger partial charge in [0.15, 0.2) is 6.29 Å². The quantitative estimate of drug-likeness (QED) is 0.0769. The van der Waals surface area contributed by atoms with E-state index in [1.54, 1.807) is 31.7 Å². The molecule has 2 aliphatic heterocycles. The van der Waals surface area contributed by atoms with Crippen LogP contribution in [0.5, 0.6) is 0 Å². The standard InChI is InChI=1S/C33H40N2O8S/c1-22-29(32(36)40-3)31(25-10-6-11-26(21-25)35(38)39)30(23(2)34-22)33(37)43-19-8-20-44-27-15-13-24(14-16-27)9-7-18-42-28-12-4-5-17-41-28/h6,10-11,13-16,21,28-29,31H,4-5,7-9,12,17-20H2,1-3H3. The molecule has 2 heterocycles. The maximum atomic E-state index is 13.4. The number of nitrogens with zero attached hydrogens (tertiary/aromatic N) is 2. The van der Waals surface area contributed by atoms with Crippen LogP contribution in [0.15, 0.2) is 69.7 Å². The van der Waals surface area contributed by atoms with Crippen molar-refractivity contribution in [2.75, 3.05) is 32.7 Å². The predicted molar refractivity (Wildman–Crippen MR) is 168 cm³/mol. The Kier molecular flexibility index (Phi) is 12.5. The van der Waals surface area contributed by atoms with Crippen LogP contribution in [0.2, 0.25) is 0 Å². The summed E-state index contributed by atoms with van der Waals surface area (Å²) in [5.74, 6) is -2.17. The fourth-order valence-electron chi connectivity index (χ4n) is 5.50. The minimum Gasteiger partial charge on any atom is -0.468 e. The number of aryl methyl sites for hydroxylation is 1. The molecule has 0 N–H and O–H groups in total. The molecule has 2 aliphatic rings. The number of benzene rings is 2. The van der Waals surface area contributed by atoms with Crippen LogP contribution < -0.4 is 0 Å². The molecule has 1 saturated heterocycles. The minimum absolute atomic E-state index is 0.0473. The molecule has 0 spiro atoms. The third-order valence-electron chi connectivity index (χ3n) is 7.71. The smallest absolute Gasteiger partial charge is 0.336 e. The van der Waals surface area contributed by atoms with E-state index < -0.39 is 28.7 Å². The Bertz CT molecular complexity index is 1370. The molecule has 1 fully saturated rings. The lowest BCUT2D eigenvalue weighted by molar-refractivity contribution is -0.384. The number of esters is 2. The van der Waals surface area contributed by atoms with Crippen LogP contribution in [0.25, 0.3) is 0 Å². The zero-order valence-electron chi connectivity index (χ0n) is 25.5. The average Bonchev–Trinajstić information content (AvgIpc) is 3.03. The lowest BCUT2D eigenvalue weighted by atomic mass is 9.75. The highest BCUT2D eigenvalue weighted by molar-refractivity contribution is 7.99. The molecule has 0 aromatic heterocycles. The fraction of sp³-hybridized carbons (Fsp3) is 0.485. The second-order valence-electron chi connectivity index (χ2n) is 10.8. The lowest BCUT2D eigenvalue weighted by Crippen LogP contribution is -2.36. The van der Waals surface area contributed by atoms with Gasteiger partial charge in [-0.1, -0.05) is 24.3 Å². The Hall–Kier alpha value is -3.54. The van der Waals surface area contributed by atoms with E-state index in [1.807, 2.05) is 0 Å². The molecule has 0 aliphatic carbocycles. The van der Waals surface area contributed by atoms with Crippen LogP contribution in [0.3, 0.4) is 0 Å². The predicted octanol–water partition coefficient (Wildman–Crippen LogP) is 6.42. The Labute approximate surface area is 262 Å². The van der Waals surface area contributed by atoms with Crippen molar-refractivity contribution in [3.63, 3.8) is 0 Å². The minimum atomic E-state index is -0.912. The summed E-state index contributed by atoms with van der Waals surface area (Å²) in [7, 11) is 1.26. The van der Waals surface area contributed by atoms with E-state index in [4.69, 9.17) is 18.9 Å². The number of carbonyl (C=O) groups excluding carboxylic acids is 2. The number of ether oxygens (including phenoxy) is 4. The molecule has 44 heavy (non-hydrogen) atoms. The Morgan fingerprint density at radius 3 is 2.59 bits per heavy atom. The van der Waals surface area contributed by atoms with Gasteiger partial charge >= 0.3 is 11.9 Å². The zero-order chi connectivity index (χ0) is 31.5. The second-order valence-corrected chi connectivity index (χ2v) is 12.0. The van der Waals surface area contributed by atoms with Crippen molar-refractivity contribution in [3.8, 4) is 0 Å². The highest BCUT2D eigenvalue weighted by atomic mass is 32.2. The third kappa shape index (κ3) is 8.99. The van der Waals surface area contributed by atoms with Gasteiger partial charge in [0.25, 0.3) is 5.69 Å². The number of thioether (sulfide) groups is 1. The summed E-state index contributed by atoms with van der Waals surface area (Å²) in [5.41, 5.74) is 2.64. The number of rotatable bonds is 14. The van der Waals surface area contributed by atoms with E-state index in [0.29, 0.717) is 30.0 Å². The van der Waals surface area contributed by atoms with Crippen molar-refractivity contribution in [3.05, 3.63) is 81.0 Å². The van der Waals surface area contributed by atoms with Crippen molar-refractivity contribution in [1.29, 1.82) is 0 Å². The number of hydrogen-bond acceptors (Lipinski definition) is 10. The van der Waals surface area contributed by atoms with Gasteiger partial charge < -0.3 is 18.9 Å². The Balaban J connectivity index is 1.29. The third-order valence-corrected chi connectivity index (χ3v) is 8.81. The highest BCUT2D eigenvalue weighted by Gasteiger charge is 2.42. The topological polar surface area (TPSA) is 127 Å². The van der Waals surface area contributed by atoms with Crippen LogP contribution in [-0.4, -0.2) is 61.5 Å². The van der Waals surface area contributed by atoms with E-state index in [9.17, 15) is 19.7 Å². The molecular weight excluding hydrogens is 584 g/mol. The number of carbonyl (C=O) groups is 2. The first kappa shape index (κ1) is 33.4. The first-order chi connectivity index (χ1) is 21.3.